The van der Waals surface area contributed by atoms with E-state index < -0.39 is 67.3 Å². The van der Waals surface area contributed by atoms with Crippen LogP contribution in [0, 0.1) is 0 Å². The summed E-state index contributed by atoms with van der Waals surface area (Å²) >= 11 is 0. The molecule has 0 aliphatic carbocycles. The predicted octanol–water partition coefficient (Wildman–Crippen LogP) is 14.0. The molecule has 6 unspecified atom stereocenters. The van der Waals surface area contributed by atoms with E-state index in [1.807, 2.05) is 36.5 Å². The van der Waals surface area contributed by atoms with Crippen molar-refractivity contribution in [3.63, 3.8) is 0 Å². The molecule has 0 bridgehead atoms. The molecular formula is C63H94O12. The Labute approximate surface area is 451 Å². The molecule has 0 amide bonds. The van der Waals surface area contributed by atoms with E-state index in [0.717, 1.165) is 109 Å². The summed E-state index contributed by atoms with van der Waals surface area (Å²) in [5.41, 5.74) is 0. The molecule has 0 spiro atoms. The van der Waals surface area contributed by atoms with E-state index in [-0.39, 0.29) is 25.9 Å². The number of aliphatic carboxylic acids is 1. The predicted molar refractivity (Wildman–Crippen MR) is 302 cm³/mol. The van der Waals surface area contributed by atoms with E-state index in [1.54, 1.807) is 6.08 Å². The van der Waals surface area contributed by atoms with Crippen LogP contribution in [0.5, 0.6) is 0 Å². The van der Waals surface area contributed by atoms with E-state index >= 15 is 0 Å². The first-order chi connectivity index (χ1) is 36.6. The van der Waals surface area contributed by atoms with Gasteiger partial charge in [0.1, 0.15) is 18.8 Å². The Morgan fingerprint density at radius 1 is 0.453 bits per heavy atom. The number of hydrogen-bond donors (Lipinski definition) is 3. The van der Waals surface area contributed by atoms with Crippen molar-refractivity contribution < 1.29 is 58.2 Å². The smallest absolute Gasteiger partial charge is 0.335 e. The number of ether oxygens (including phenoxy) is 5. The zero-order valence-electron chi connectivity index (χ0n) is 45.7. The van der Waals surface area contributed by atoms with Crippen LogP contribution in [0.25, 0.3) is 0 Å². The average molecular weight is 1040 g/mol. The number of hydrogen-bond acceptors (Lipinski definition) is 11. The van der Waals surface area contributed by atoms with Gasteiger partial charge in [0.2, 0.25) is 0 Å². The van der Waals surface area contributed by atoms with Gasteiger partial charge in [0.15, 0.2) is 24.6 Å². The number of rotatable bonds is 44. The van der Waals surface area contributed by atoms with Crippen LogP contribution in [0.4, 0.5) is 0 Å². The first kappa shape index (κ1) is 67.6. The van der Waals surface area contributed by atoms with Crippen molar-refractivity contribution in [1.82, 2.24) is 0 Å². The molecule has 75 heavy (non-hydrogen) atoms. The van der Waals surface area contributed by atoms with Crippen LogP contribution in [0.15, 0.2) is 146 Å². The van der Waals surface area contributed by atoms with E-state index in [1.165, 1.54) is 0 Å². The second kappa shape index (κ2) is 49.5. The fourth-order valence-electron chi connectivity index (χ4n) is 7.29. The summed E-state index contributed by atoms with van der Waals surface area (Å²) in [7, 11) is 0. The third-order valence-electron chi connectivity index (χ3n) is 11.4. The van der Waals surface area contributed by atoms with Crippen LogP contribution >= 0.6 is 0 Å². The highest BCUT2D eigenvalue weighted by Gasteiger charge is 2.50. The summed E-state index contributed by atoms with van der Waals surface area (Å²) in [5, 5.41) is 31.4. The molecule has 1 rings (SSSR count). The Hall–Kier alpha value is -5.40. The molecule has 12 heteroatoms. The number of aliphatic hydroxyl groups excluding tert-OH is 2. The lowest BCUT2D eigenvalue weighted by Crippen LogP contribution is -2.61. The van der Waals surface area contributed by atoms with Crippen LogP contribution < -0.4 is 0 Å². The maximum absolute atomic E-state index is 13.1. The van der Waals surface area contributed by atoms with Crippen LogP contribution in [-0.2, 0) is 42.9 Å². The van der Waals surface area contributed by atoms with E-state index in [0.29, 0.717) is 25.7 Å². The molecule has 3 N–H and O–H groups in total. The number of aliphatic hydroxyl groups is 2. The van der Waals surface area contributed by atoms with Gasteiger partial charge in [-0.05, 0) is 103 Å². The number of carbonyl (C=O) groups excluding carboxylic acids is 3. The molecule has 0 aromatic carbocycles. The monoisotopic (exact) mass is 1040 g/mol. The third kappa shape index (κ3) is 39.7. The normalized spacial score (nSPS) is 19.3. The van der Waals surface area contributed by atoms with E-state index in [4.69, 9.17) is 23.7 Å². The molecular weight excluding hydrogens is 949 g/mol. The summed E-state index contributed by atoms with van der Waals surface area (Å²) in [6.07, 6.45) is 58.7. The molecule has 0 aromatic rings. The number of esters is 3. The number of carboxylic acids is 1. The number of allylic oxidation sites excluding steroid dienone is 23. The first-order valence-electron chi connectivity index (χ1n) is 27.8. The van der Waals surface area contributed by atoms with Gasteiger partial charge in [0.25, 0.3) is 0 Å². The van der Waals surface area contributed by atoms with Crippen molar-refractivity contribution in [1.29, 1.82) is 0 Å². The Balaban J connectivity index is 2.81. The van der Waals surface area contributed by atoms with Gasteiger partial charge >= 0.3 is 23.9 Å². The van der Waals surface area contributed by atoms with Crippen molar-refractivity contribution in [3.05, 3.63) is 146 Å². The lowest BCUT2D eigenvalue weighted by molar-refractivity contribution is -0.301. The Kier molecular flexibility index (Phi) is 44.6. The number of carbonyl (C=O) groups is 4. The second-order valence-corrected chi connectivity index (χ2v) is 18.1. The molecule has 0 saturated carbocycles. The van der Waals surface area contributed by atoms with Crippen molar-refractivity contribution in [2.24, 2.45) is 0 Å². The minimum Gasteiger partial charge on any atom is -0.479 e. The molecule has 0 radical (unpaired) electrons. The minimum atomic E-state index is -1.95. The highest BCUT2D eigenvalue weighted by molar-refractivity contribution is 5.74. The summed E-state index contributed by atoms with van der Waals surface area (Å²) in [5.74, 6) is -3.44. The Bertz CT molecular complexity index is 1860. The third-order valence-corrected chi connectivity index (χ3v) is 11.4. The number of carboxylic acid groups (broad SMARTS) is 1. The van der Waals surface area contributed by atoms with Crippen molar-refractivity contribution >= 4 is 23.9 Å². The molecule has 6 atom stereocenters. The molecule has 1 fully saturated rings. The van der Waals surface area contributed by atoms with Crippen LogP contribution in [0.1, 0.15) is 175 Å². The Morgan fingerprint density at radius 2 is 0.867 bits per heavy atom. The van der Waals surface area contributed by atoms with Crippen LogP contribution in [0.3, 0.4) is 0 Å². The van der Waals surface area contributed by atoms with Crippen molar-refractivity contribution in [2.45, 2.75) is 212 Å². The molecule has 1 heterocycles. The van der Waals surface area contributed by atoms with Crippen LogP contribution in [0.2, 0.25) is 0 Å². The minimum absolute atomic E-state index is 0.0805. The van der Waals surface area contributed by atoms with Gasteiger partial charge in [-0.25, -0.2) is 4.79 Å². The zero-order chi connectivity index (χ0) is 54.7. The van der Waals surface area contributed by atoms with Crippen molar-refractivity contribution in [2.75, 3.05) is 13.2 Å². The SMILES string of the molecule is CC/C=C\C/C=C\C/C=C\C/C=C\C/C=C\CC(=O)OC(COC(=O)CCCCCCCCC/C=C\C/C=C\C/C=C\CC)COC1OC(C(=O)O)C(O)C(O)C1OC(=O)CC/C=C\C/C=C\C/C=C\C/C=C\CC. The summed E-state index contributed by atoms with van der Waals surface area (Å²) in [4.78, 5) is 50.9. The molecule has 0 aromatic heterocycles. The van der Waals surface area contributed by atoms with Gasteiger partial charge < -0.3 is 39.0 Å². The number of unbranched alkanes of at least 4 members (excludes halogenated alkanes) is 7. The molecule has 1 aliphatic rings. The standard InChI is InChI=1S/C63H94O12/c1-4-7-10-13-16-19-22-25-27-28-30-32-34-37-40-43-46-49-55(64)71-52-54(73-56(65)50-47-44-41-38-36-33-29-26-23-20-17-14-11-8-5-2)53-72-63-61(59(68)58(67)60(75-63)62(69)70)74-57(66)51-48-45-42-39-35-31-24-21-18-15-12-9-6-3/h7-12,16-21,25-27,29,31,35-36,38,42,44-45,47,54,58-61,63,67-68H,4-6,13-15,22-24,28,30,32-34,37,39-41,43,46,48-53H2,1-3H3,(H,69,70)/b10-7-,11-8-,12-9-,19-16-,20-17-,21-18-,27-25-,29-26-,35-31-,38-36-,45-42-,47-44-. The lowest BCUT2D eigenvalue weighted by Gasteiger charge is -2.40. The maximum Gasteiger partial charge on any atom is 0.335 e. The van der Waals surface area contributed by atoms with Gasteiger partial charge in [-0.3, -0.25) is 14.4 Å². The zero-order valence-corrected chi connectivity index (χ0v) is 45.7. The lowest BCUT2D eigenvalue weighted by atomic mass is 9.98. The molecule has 1 aliphatic heterocycles. The topological polar surface area (TPSA) is 175 Å². The Morgan fingerprint density at radius 3 is 1.33 bits per heavy atom. The van der Waals surface area contributed by atoms with Crippen molar-refractivity contribution in [3.8, 4) is 0 Å². The summed E-state index contributed by atoms with van der Waals surface area (Å²) < 4.78 is 28.1. The van der Waals surface area contributed by atoms with Gasteiger partial charge in [-0.15, -0.1) is 0 Å². The largest absolute Gasteiger partial charge is 0.479 e. The van der Waals surface area contributed by atoms with Gasteiger partial charge in [0, 0.05) is 12.8 Å². The molecule has 1 saturated heterocycles. The fourth-order valence-corrected chi connectivity index (χ4v) is 7.29. The fraction of sp³-hybridized carbons (Fsp3) is 0.556. The highest BCUT2D eigenvalue weighted by Crippen LogP contribution is 2.26. The van der Waals surface area contributed by atoms with Gasteiger partial charge in [-0.1, -0.05) is 199 Å². The quantitative estimate of drug-likeness (QED) is 0.0228. The summed E-state index contributed by atoms with van der Waals surface area (Å²) in [6, 6.07) is 0. The summed E-state index contributed by atoms with van der Waals surface area (Å²) in [6.45, 7) is 5.49. The maximum atomic E-state index is 13.1. The average Bonchev–Trinajstić information content (AvgIpc) is 3.39. The van der Waals surface area contributed by atoms with Gasteiger partial charge in [0.05, 0.1) is 13.0 Å². The van der Waals surface area contributed by atoms with Crippen LogP contribution in [-0.4, -0.2) is 89.2 Å². The van der Waals surface area contributed by atoms with E-state index in [2.05, 4.69) is 124 Å². The van der Waals surface area contributed by atoms with Gasteiger partial charge in [-0.2, -0.15) is 0 Å². The van der Waals surface area contributed by atoms with E-state index in [9.17, 15) is 34.5 Å². The molecule has 418 valence electrons. The first-order valence-corrected chi connectivity index (χ1v) is 27.8. The highest BCUT2D eigenvalue weighted by atomic mass is 16.7. The second-order valence-electron chi connectivity index (χ2n) is 18.1. The molecule has 12 nitrogen and oxygen atoms in total.